The van der Waals surface area contributed by atoms with E-state index in [0.717, 1.165) is 5.75 Å². The lowest BCUT2D eigenvalue weighted by atomic mass is 10.5. The van der Waals surface area contributed by atoms with E-state index in [4.69, 9.17) is 0 Å². The highest BCUT2D eigenvalue weighted by atomic mass is 32.2. The zero-order chi connectivity index (χ0) is 8.53. The van der Waals surface area contributed by atoms with E-state index in [1.165, 1.54) is 11.8 Å². The number of carbonyl (C=O) groups is 1. The van der Waals surface area contributed by atoms with Gasteiger partial charge >= 0.3 is 0 Å². The largest absolute Gasteiger partial charge is 0.343 e. The summed E-state index contributed by atoms with van der Waals surface area (Å²) in [7, 11) is 0. The van der Waals surface area contributed by atoms with Gasteiger partial charge in [0, 0.05) is 6.54 Å². The molecule has 0 atom stereocenters. The van der Waals surface area contributed by atoms with Crippen molar-refractivity contribution in [2.75, 3.05) is 12.3 Å². The van der Waals surface area contributed by atoms with Gasteiger partial charge in [0.05, 0.1) is 0 Å². The van der Waals surface area contributed by atoms with Crippen molar-refractivity contribution >= 4 is 17.0 Å². The highest BCUT2D eigenvalue weighted by molar-refractivity contribution is 8.13. The maximum absolute atomic E-state index is 10.8. The average molecular weight is 171 g/mol. The molecular weight excluding hydrogens is 158 g/mol. The minimum absolute atomic E-state index is 0.0289. The molecule has 0 aliphatic heterocycles. The summed E-state index contributed by atoms with van der Waals surface area (Å²) in [4.78, 5) is 10.8. The number of nitrogens with one attached hydrogen (secondary N) is 1. The molecular formula is C8H13NOS. The molecule has 0 aliphatic carbocycles. The number of hydrogen-bond donors (Lipinski definition) is 1. The second-order valence-electron chi connectivity index (χ2n) is 1.77. The highest BCUT2D eigenvalue weighted by Gasteiger charge is 1.94. The van der Waals surface area contributed by atoms with Crippen molar-refractivity contribution in [2.45, 2.75) is 6.92 Å². The zero-order valence-electron chi connectivity index (χ0n) is 6.67. The van der Waals surface area contributed by atoms with E-state index in [0.29, 0.717) is 6.54 Å². The van der Waals surface area contributed by atoms with Crippen LogP contribution in [0.3, 0.4) is 0 Å². The van der Waals surface area contributed by atoms with Crippen LogP contribution in [0, 0.1) is 0 Å². The second kappa shape index (κ2) is 7.41. The number of allylic oxidation sites excluding steroid dienone is 2. The number of thioether (sulfide) groups is 1. The lowest BCUT2D eigenvalue weighted by molar-refractivity contribution is 0.261. The van der Waals surface area contributed by atoms with Gasteiger partial charge in [0.2, 0.25) is 0 Å². The van der Waals surface area contributed by atoms with Crippen LogP contribution in [0.25, 0.3) is 0 Å². The molecule has 1 N–H and O–H groups in total. The fraction of sp³-hybridized carbons (Fsp3) is 0.375. The molecule has 0 aromatic heterocycles. The van der Waals surface area contributed by atoms with Gasteiger partial charge in [-0.15, -0.1) is 0 Å². The van der Waals surface area contributed by atoms with Gasteiger partial charge in [0.25, 0.3) is 5.24 Å². The molecule has 0 unspecified atom stereocenters. The van der Waals surface area contributed by atoms with E-state index >= 15 is 0 Å². The Morgan fingerprint density at radius 2 is 2.45 bits per heavy atom. The van der Waals surface area contributed by atoms with E-state index < -0.39 is 0 Å². The van der Waals surface area contributed by atoms with Crippen LogP contribution in [-0.2, 0) is 0 Å². The standard InChI is InChI=1S/C8H13NOS/c1-3-5-6-7-9-8(10)11-4-2/h3,5-6H,1,4,7H2,2H3,(H,9,10)/b6-5-. The summed E-state index contributed by atoms with van der Waals surface area (Å²) >= 11 is 1.28. The smallest absolute Gasteiger partial charge is 0.279 e. The van der Waals surface area contributed by atoms with Crippen molar-refractivity contribution < 1.29 is 4.79 Å². The topological polar surface area (TPSA) is 29.1 Å². The summed E-state index contributed by atoms with van der Waals surface area (Å²) in [5.74, 6) is 0.816. The molecule has 1 amide bonds. The van der Waals surface area contributed by atoms with Crippen LogP contribution in [0.4, 0.5) is 4.79 Å². The lowest BCUT2D eigenvalue weighted by Crippen LogP contribution is -2.18. The maximum atomic E-state index is 10.8. The van der Waals surface area contributed by atoms with Gasteiger partial charge in [-0.3, -0.25) is 4.79 Å². The normalized spacial score (nSPS) is 9.91. The first-order chi connectivity index (χ1) is 5.31. The van der Waals surface area contributed by atoms with Crippen molar-refractivity contribution in [1.82, 2.24) is 5.32 Å². The zero-order valence-corrected chi connectivity index (χ0v) is 7.49. The van der Waals surface area contributed by atoms with Crippen LogP contribution in [0.1, 0.15) is 6.92 Å². The molecule has 3 heteroatoms. The summed E-state index contributed by atoms with van der Waals surface area (Å²) in [6.45, 7) is 6.04. The van der Waals surface area contributed by atoms with Gasteiger partial charge in [-0.1, -0.05) is 43.5 Å². The molecule has 62 valence electrons. The van der Waals surface area contributed by atoms with E-state index in [2.05, 4.69) is 11.9 Å². The Morgan fingerprint density at radius 3 is 3.00 bits per heavy atom. The predicted molar refractivity (Wildman–Crippen MR) is 50.9 cm³/mol. The first-order valence-electron chi connectivity index (χ1n) is 3.49. The van der Waals surface area contributed by atoms with Gasteiger partial charge in [0.15, 0.2) is 0 Å². The second-order valence-corrected chi connectivity index (χ2v) is 3.00. The molecule has 0 saturated carbocycles. The summed E-state index contributed by atoms with van der Waals surface area (Å²) in [5, 5.41) is 2.74. The van der Waals surface area contributed by atoms with Crippen LogP contribution >= 0.6 is 11.8 Å². The summed E-state index contributed by atoms with van der Waals surface area (Å²) in [6.07, 6.45) is 5.33. The third-order valence-corrected chi connectivity index (χ3v) is 1.61. The van der Waals surface area contributed by atoms with Gasteiger partial charge in [-0.2, -0.15) is 0 Å². The van der Waals surface area contributed by atoms with Gasteiger partial charge in [-0.05, 0) is 5.75 Å². The van der Waals surface area contributed by atoms with Crippen molar-refractivity contribution in [1.29, 1.82) is 0 Å². The van der Waals surface area contributed by atoms with Crippen LogP contribution in [0.15, 0.2) is 24.8 Å². The Labute approximate surface area is 71.7 Å². The van der Waals surface area contributed by atoms with Crippen molar-refractivity contribution in [3.63, 3.8) is 0 Å². The van der Waals surface area contributed by atoms with Gasteiger partial charge in [0.1, 0.15) is 0 Å². The van der Waals surface area contributed by atoms with Gasteiger partial charge in [-0.25, -0.2) is 0 Å². The molecule has 0 heterocycles. The molecule has 0 spiro atoms. The Hall–Kier alpha value is -0.700. The maximum Gasteiger partial charge on any atom is 0.279 e. The van der Waals surface area contributed by atoms with Crippen LogP contribution < -0.4 is 5.32 Å². The molecule has 0 saturated heterocycles. The Kier molecular flexibility index (Phi) is 6.94. The Bertz CT molecular complexity index is 154. The fourth-order valence-electron chi connectivity index (χ4n) is 0.489. The Balaban J connectivity index is 3.30. The fourth-order valence-corrected chi connectivity index (χ4v) is 0.936. The van der Waals surface area contributed by atoms with E-state index in [9.17, 15) is 4.79 Å². The Morgan fingerprint density at radius 1 is 1.73 bits per heavy atom. The summed E-state index contributed by atoms with van der Waals surface area (Å²) in [6, 6.07) is 0. The van der Waals surface area contributed by atoms with E-state index in [1.54, 1.807) is 12.2 Å². The van der Waals surface area contributed by atoms with Crippen molar-refractivity contribution in [3.05, 3.63) is 24.8 Å². The van der Waals surface area contributed by atoms with E-state index in [-0.39, 0.29) is 5.24 Å². The van der Waals surface area contributed by atoms with E-state index in [1.807, 2.05) is 13.0 Å². The van der Waals surface area contributed by atoms with Gasteiger partial charge < -0.3 is 5.32 Å². The first-order valence-corrected chi connectivity index (χ1v) is 4.48. The summed E-state index contributed by atoms with van der Waals surface area (Å²) in [5.41, 5.74) is 0. The quantitative estimate of drug-likeness (QED) is 0.657. The molecule has 0 fully saturated rings. The predicted octanol–water partition coefficient (Wildman–Crippen LogP) is 2.19. The number of hydrogen-bond acceptors (Lipinski definition) is 2. The van der Waals surface area contributed by atoms with Crippen LogP contribution in [0.5, 0.6) is 0 Å². The lowest BCUT2D eigenvalue weighted by Gasteiger charge is -1.97. The number of rotatable bonds is 4. The third kappa shape index (κ3) is 7.19. The molecule has 0 aliphatic rings. The highest BCUT2D eigenvalue weighted by Crippen LogP contribution is 1.98. The molecule has 0 aromatic carbocycles. The molecule has 0 rings (SSSR count). The average Bonchev–Trinajstić information content (AvgIpc) is 1.99. The van der Waals surface area contributed by atoms with Crippen molar-refractivity contribution in [2.24, 2.45) is 0 Å². The molecule has 0 aromatic rings. The molecule has 0 radical (unpaired) electrons. The first kappa shape index (κ1) is 10.3. The third-order valence-electron chi connectivity index (χ3n) is 0.912. The summed E-state index contributed by atoms with van der Waals surface area (Å²) < 4.78 is 0. The van der Waals surface area contributed by atoms with Crippen LogP contribution in [-0.4, -0.2) is 17.5 Å². The minimum Gasteiger partial charge on any atom is -0.343 e. The number of carbonyl (C=O) groups excluding carboxylic acids is 1. The molecule has 2 nitrogen and oxygen atoms in total. The SMILES string of the molecule is C=C/C=C\CNC(=O)SCC. The number of amides is 1. The van der Waals surface area contributed by atoms with Crippen molar-refractivity contribution in [3.8, 4) is 0 Å². The molecule has 11 heavy (non-hydrogen) atoms. The van der Waals surface area contributed by atoms with Crippen LogP contribution in [0.2, 0.25) is 0 Å². The monoisotopic (exact) mass is 171 g/mol. The minimum atomic E-state index is 0.0289. The molecule has 0 bridgehead atoms.